The van der Waals surface area contributed by atoms with Gasteiger partial charge in [-0.25, -0.2) is 4.79 Å². The Morgan fingerprint density at radius 2 is 1.53 bits per heavy atom. The lowest BCUT2D eigenvalue weighted by Crippen LogP contribution is -2.56. The van der Waals surface area contributed by atoms with Gasteiger partial charge in [-0.1, -0.05) is 65.1 Å². The zero-order valence-corrected chi connectivity index (χ0v) is 18.8. The summed E-state index contributed by atoms with van der Waals surface area (Å²) in [6.07, 6.45) is -1.95. The van der Waals surface area contributed by atoms with Gasteiger partial charge in [-0.3, -0.25) is 10.1 Å². The van der Waals surface area contributed by atoms with Crippen molar-refractivity contribution < 1.29 is 14.3 Å². The third kappa shape index (κ3) is 8.62. The van der Waals surface area contributed by atoms with Gasteiger partial charge in [-0.15, -0.1) is 0 Å². The molecule has 160 valence electrons. The molecule has 7 nitrogen and oxygen atoms in total. The second-order valence-corrected chi connectivity index (χ2v) is 8.81. The van der Waals surface area contributed by atoms with E-state index in [0.29, 0.717) is 11.4 Å². The van der Waals surface area contributed by atoms with Crippen molar-refractivity contribution in [3.05, 3.63) is 60.2 Å². The largest absolute Gasteiger partial charge is 0.445 e. The highest BCUT2D eigenvalue weighted by Crippen LogP contribution is 2.29. The smallest absolute Gasteiger partial charge is 0.409 e. The van der Waals surface area contributed by atoms with Gasteiger partial charge in [0.1, 0.15) is 6.61 Å². The maximum absolute atomic E-state index is 12.1. The van der Waals surface area contributed by atoms with Crippen LogP contribution < -0.4 is 21.3 Å². The molecule has 1 atom stereocenters. The highest BCUT2D eigenvalue weighted by atomic mass is 35.6. The molecule has 2 aromatic rings. The number of amides is 2. The first kappa shape index (κ1) is 24.0. The molecule has 0 aliphatic heterocycles. The van der Waals surface area contributed by atoms with E-state index < -0.39 is 16.1 Å². The van der Waals surface area contributed by atoms with E-state index in [9.17, 15) is 9.59 Å². The highest BCUT2D eigenvalue weighted by molar-refractivity contribution is 7.80. The minimum absolute atomic E-state index is 0.0581. The van der Waals surface area contributed by atoms with Gasteiger partial charge in [0.05, 0.1) is 0 Å². The van der Waals surface area contributed by atoms with Crippen LogP contribution in [0.4, 0.5) is 16.2 Å². The lowest BCUT2D eigenvalue weighted by Gasteiger charge is -2.27. The summed E-state index contributed by atoms with van der Waals surface area (Å²) in [7, 11) is 0. The fourth-order valence-corrected chi connectivity index (χ4v) is 2.78. The number of alkyl halides is 3. The Bertz CT molecular complexity index is 877. The van der Waals surface area contributed by atoms with Crippen LogP contribution in [0.2, 0.25) is 0 Å². The molecular formula is C19H19Cl3N4O3S. The average Bonchev–Trinajstić information content (AvgIpc) is 2.67. The Morgan fingerprint density at radius 1 is 0.967 bits per heavy atom. The molecule has 0 heterocycles. The Balaban J connectivity index is 1.91. The molecule has 30 heavy (non-hydrogen) atoms. The number of benzene rings is 2. The van der Waals surface area contributed by atoms with Crippen molar-refractivity contribution in [1.29, 1.82) is 0 Å². The van der Waals surface area contributed by atoms with Gasteiger partial charge in [0.15, 0.2) is 11.3 Å². The second-order valence-electron chi connectivity index (χ2n) is 6.04. The van der Waals surface area contributed by atoms with E-state index in [2.05, 4.69) is 21.3 Å². The lowest BCUT2D eigenvalue weighted by molar-refractivity contribution is -0.114. The number of ether oxygens (including phenoxy) is 1. The number of carbonyl (C=O) groups excluding carboxylic acids is 2. The summed E-state index contributed by atoms with van der Waals surface area (Å²) < 4.78 is 3.22. The molecule has 0 radical (unpaired) electrons. The first-order valence-electron chi connectivity index (χ1n) is 8.62. The summed E-state index contributed by atoms with van der Waals surface area (Å²) in [5.41, 5.74) is 2.07. The number of rotatable bonds is 6. The molecule has 2 amide bonds. The minimum Gasteiger partial charge on any atom is -0.445 e. The predicted molar refractivity (Wildman–Crippen MR) is 124 cm³/mol. The molecule has 4 N–H and O–H groups in total. The number of halogens is 3. The molecule has 0 saturated carbocycles. The van der Waals surface area contributed by atoms with E-state index in [0.717, 1.165) is 5.56 Å². The quantitative estimate of drug-likeness (QED) is 0.270. The molecule has 0 fully saturated rings. The van der Waals surface area contributed by atoms with Gasteiger partial charge < -0.3 is 20.7 Å². The van der Waals surface area contributed by atoms with Crippen LogP contribution in [-0.2, 0) is 16.1 Å². The van der Waals surface area contributed by atoms with Crippen LogP contribution in [-0.4, -0.2) is 27.1 Å². The van der Waals surface area contributed by atoms with Crippen LogP contribution in [0.15, 0.2) is 54.6 Å². The normalized spacial score (nSPS) is 11.7. The van der Waals surface area contributed by atoms with Crippen molar-refractivity contribution in [1.82, 2.24) is 10.6 Å². The van der Waals surface area contributed by atoms with Gasteiger partial charge in [-0.2, -0.15) is 0 Å². The number of nitrogens with one attached hydrogen (secondary N) is 4. The first-order chi connectivity index (χ1) is 14.1. The van der Waals surface area contributed by atoms with Crippen molar-refractivity contribution in [2.45, 2.75) is 23.5 Å². The van der Waals surface area contributed by atoms with Crippen molar-refractivity contribution >= 4 is 75.5 Å². The van der Waals surface area contributed by atoms with E-state index in [-0.39, 0.29) is 17.6 Å². The van der Waals surface area contributed by atoms with Crippen molar-refractivity contribution in [2.24, 2.45) is 0 Å². The van der Waals surface area contributed by atoms with Crippen LogP contribution in [0.25, 0.3) is 0 Å². The summed E-state index contributed by atoms with van der Waals surface area (Å²) in [6, 6.07) is 15.9. The Kier molecular flexibility index (Phi) is 8.98. The molecule has 0 aromatic heterocycles. The van der Waals surface area contributed by atoms with E-state index in [1.165, 1.54) is 6.92 Å². The van der Waals surface area contributed by atoms with Crippen LogP contribution in [0, 0.1) is 0 Å². The molecule has 0 saturated heterocycles. The zero-order valence-electron chi connectivity index (χ0n) is 15.7. The number of anilines is 2. The van der Waals surface area contributed by atoms with Crippen molar-refractivity contribution in [3.8, 4) is 0 Å². The molecule has 0 unspecified atom stereocenters. The standard InChI is InChI=1S/C19H19Cl3N4O3S/c1-12(27)23-14-7-9-15(10-8-14)24-17(30)25-16(19(20,21)22)26-18(28)29-11-13-5-3-2-4-6-13/h2-10,16H,11H2,1H3,(H,23,27)(H,26,28)(H2,24,25,30)/t16-/m0/s1. The summed E-state index contributed by atoms with van der Waals surface area (Å²) in [5.74, 6) is -0.177. The third-order valence-electron chi connectivity index (χ3n) is 3.54. The molecule has 0 aliphatic carbocycles. The van der Waals surface area contributed by atoms with Crippen molar-refractivity contribution in [2.75, 3.05) is 10.6 Å². The molecule has 2 aromatic carbocycles. The summed E-state index contributed by atoms with van der Waals surface area (Å²) in [4.78, 5) is 23.2. The van der Waals surface area contributed by atoms with Crippen LogP contribution >= 0.6 is 47.0 Å². The van der Waals surface area contributed by atoms with Gasteiger partial charge in [0.25, 0.3) is 0 Å². The zero-order chi connectivity index (χ0) is 22.1. The maximum Gasteiger partial charge on any atom is 0.409 e. The molecule has 0 aliphatic rings. The monoisotopic (exact) mass is 488 g/mol. The third-order valence-corrected chi connectivity index (χ3v) is 4.42. The molecule has 2 rings (SSSR count). The molecular weight excluding hydrogens is 471 g/mol. The van der Waals surface area contributed by atoms with E-state index in [4.69, 9.17) is 51.8 Å². The van der Waals surface area contributed by atoms with Crippen LogP contribution in [0.5, 0.6) is 0 Å². The van der Waals surface area contributed by atoms with Gasteiger partial charge >= 0.3 is 6.09 Å². The predicted octanol–water partition coefficient (Wildman–Crippen LogP) is 4.55. The highest BCUT2D eigenvalue weighted by Gasteiger charge is 2.35. The van der Waals surface area contributed by atoms with E-state index in [1.54, 1.807) is 24.3 Å². The van der Waals surface area contributed by atoms with E-state index in [1.807, 2.05) is 30.3 Å². The summed E-state index contributed by atoms with van der Waals surface area (Å²) in [5, 5.41) is 10.8. The van der Waals surface area contributed by atoms with Crippen molar-refractivity contribution in [3.63, 3.8) is 0 Å². The summed E-state index contributed by atoms with van der Waals surface area (Å²) in [6.45, 7) is 1.47. The number of carbonyl (C=O) groups is 2. The fraction of sp³-hybridized carbons (Fsp3) is 0.211. The van der Waals surface area contributed by atoms with Gasteiger partial charge in [0.2, 0.25) is 9.70 Å². The number of thiocarbonyl (C=S) groups is 1. The lowest BCUT2D eigenvalue weighted by atomic mass is 10.2. The average molecular weight is 490 g/mol. The molecule has 0 spiro atoms. The van der Waals surface area contributed by atoms with E-state index >= 15 is 0 Å². The number of hydrogen-bond acceptors (Lipinski definition) is 4. The maximum atomic E-state index is 12.1. The van der Waals surface area contributed by atoms with Gasteiger partial charge in [-0.05, 0) is 42.0 Å². The Labute approximate surface area is 194 Å². The number of hydrogen-bond donors (Lipinski definition) is 4. The molecule has 0 bridgehead atoms. The first-order valence-corrected chi connectivity index (χ1v) is 10.2. The number of alkyl carbamates (subject to hydrolysis) is 1. The van der Waals surface area contributed by atoms with Crippen LogP contribution in [0.1, 0.15) is 12.5 Å². The SMILES string of the molecule is CC(=O)Nc1ccc(NC(=S)N[C@@H](NC(=O)OCc2ccccc2)C(Cl)(Cl)Cl)cc1. The minimum atomic E-state index is -1.91. The molecule has 11 heteroatoms. The topological polar surface area (TPSA) is 91.5 Å². The Hall–Kier alpha value is -2.26. The fourth-order valence-electron chi connectivity index (χ4n) is 2.22. The summed E-state index contributed by atoms with van der Waals surface area (Å²) >= 11 is 23.1. The van der Waals surface area contributed by atoms with Crippen LogP contribution in [0.3, 0.4) is 0 Å². The second kappa shape index (κ2) is 11.2. The van der Waals surface area contributed by atoms with Gasteiger partial charge in [0, 0.05) is 18.3 Å². The Morgan fingerprint density at radius 3 is 2.07 bits per heavy atom.